The summed E-state index contributed by atoms with van der Waals surface area (Å²) in [5.74, 6) is 0.412. The first-order valence-corrected chi connectivity index (χ1v) is 14.7. The average molecular weight is 605 g/mol. The van der Waals surface area contributed by atoms with E-state index in [1.807, 2.05) is 36.4 Å². The molecule has 3 amide bonds. The predicted octanol–water partition coefficient (Wildman–Crippen LogP) is 3.05. The number of rotatable bonds is 2. The van der Waals surface area contributed by atoms with Gasteiger partial charge in [0.1, 0.15) is 17.3 Å². The van der Waals surface area contributed by atoms with Crippen LogP contribution in [0.5, 0.6) is 11.5 Å². The van der Waals surface area contributed by atoms with Crippen LogP contribution < -0.4 is 14.8 Å². The van der Waals surface area contributed by atoms with Crippen LogP contribution in [0.15, 0.2) is 53.1 Å². The first-order valence-electron chi connectivity index (χ1n) is 14.7. The van der Waals surface area contributed by atoms with E-state index < -0.39 is 5.97 Å². The van der Waals surface area contributed by atoms with Crippen LogP contribution >= 0.6 is 0 Å². The summed E-state index contributed by atoms with van der Waals surface area (Å²) in [6.07, 6.45) is 2.19. The Balaban J connectivity index is 0.000000906. The Hall–Kier alpha value is -4.87. The molecule has 3 aliphatic rings. The van der Waals surface area contributed by atoms with Gasteiger partial charge in [-0.15, -0.1) is 0 Å². The minimum absolute atomic E-state index is 0.0764. The maximum atomic E-state index is 13.6. The van der Waals surface area contributed by atoms with Crippen molar-refractivity contribution >= 4 is 23.7 Å². The lowest BCUT2D eigenvalue weighted by molar-refractivity contribution is -0.134. The number of carbonyl (C=O) groups excluding carboxylic acids is 3. The number of nitrogens with one attached hydrogen (secondary N) is 1. The number of aliphatic carboxylic acids is 1. The summed E-state index contributed by atoms with van der Waals surface area (Å²) in [4.78, 5) is 52.5. The minimum Gasteiger partial charge on any atom is -0.494 e. The van der Waals surface area contributed by atoms with E-state index >= 15 is 0 Å². The van der Waals surface area contributed by atoms with E-state index in [0.717, 1.165) is 42.4 Å². The number of likely N-dealkylation sites (tertiary alicyclic amines) is 1. The summed E-state index contributed by atoms with van der Waals surface area (Å²) in [6.45, 7) is 4.99. The highest BCUT2D eigenvalue weighted by molar-refractivity contribution is 5.97. The second kappa shape index (κ2) is 13.6. The number of amides is 3. The smallest absolute Gasteiger partial charge is 0.300 e. The Morgan fingerprint density at radius 3 is 2.57 bits per heavy atom. The number of nitrogens with zero attached hydrogens (tertiary/aromatic N) is 3. The molecular formula is C32H36N4O8. The van der Waals surface area contributed by atoms with Gasteiger partial charge in [-0.05, 0) is 61.2 Å². The molecule has 0 saturated carbocycles. The van der Waals surface area contributed by atoms with Gasteiger partial charge in [0.15, 0.2) is 5.69 Å². The van der Waals surface area contributed by atoms with Crippen molar-refractivity contribution in [2.24, 2.45) is 0 Å². The number of benzene rings is 2. The van der Waals surface area contributed by atoms with Gasteiger partial charge in [0.2, 0.25) is 5.91 Å². The Labute approximate surface area is 254 Å². The van der Waals surface area contributed by atoms with Gasteiger partial charge in [0, 0.05) is 50.5 Å². The number of carbonyl (C=O) groups is 4. The fourth-order valence-electron chi connectivity index (χ4n) is 5.69. The molecule has 1 saturated heterocycles. The zero-order chi connectivity index (χ0) is 31.2. The van der Waals surface area contributed by atoms with Crippen LogP contribution in [0.3, 0.4) is 0 Å². The van der Waals surface area contributed by atoms with E-state index in [1.165, 1.54) is 0 Å². The second-order valence-corrected chi connectivity index (χ2v) is 11.1. The van der Waals surface area contributed by atoms with Crippen molar-refractivity contribution in [2.75, 3.05) is 39.4 Å². The number of carboxylic acids is 1. The summed E-state index contributed by atoms with van der Waals surface area (Å²) in [5, 5.41) is 14.4. The molecule has 232 valence electrons. The van der Waals surface area contributed by atoms with Crippen molar-refractivity contribution in [1.29, 1.82) is 0 Å². The Kier molecular flexibility index (Phi) is 9.47. The SMILES string of the molecule is CC(=O)O.Cc1cc(C(=O)N2C[C@@H]3NC(=O)CN(C(=O)c4ccc5c(c4)CCO5)CCCCOc4cccc(c4)[C@H]3C2)no1. The van der Waals surface area contributed by atoms with Crippen molar-refractivity contribution in [3.8, 4) is 11.5 Å². The largest absolute Gasteiger partial charge is 0.494 e. The summed E-state index contributed by atoms with van der Waals surface area (Å²) in [6, 6.07) is 14.5. The van der Waals surface area contributed by atoms with Crippen molar-refractivity contribution in [3.05, 3.63) is 76.7 Å². The monoisotopic (exact) mass is 604 g/mol. The molecule has 3 aliphatic heterocycles. The normalized spacial score (nSPS) is 19.6. The van der Waals surface area contributed by atoms with Crippen LogP contribution in [0.1, 0.15) is 63.4 Å². The number of carboxylic acid groups (broad SMARTS) is 1. The van der Waals surface area contributed by atoms with Crippen molar-refractivity contribution < 1.29 is 38.3 Å². The molecular weight excluding hydrogens is 568 g/mol. The first kappa shape index (κ1) is 30.6. The van der Waals surface area contributed by atoms with E-state index in [-0.39, 0.29) is 41.9 Å². The minimum atomic E-state index is -0.833. The highest BCUT2D eigenvalue weighted by Crippen LogP contribution is 2.31. The van der Waals surface area contributed by atoms with Crippen LogP contribution in [0, 0.1) is 6.92 Å². The molecule has 2 atom stereocenters. The van der Waals surface area contributed by atoms with Gasteiger partial charge in [0.05, 0.1) is 25.8 Å². The van der Waals surface area contributed by atoms with Crippen molar-refractivity contribution in [3.63, 3.8) is 0 Å². The topological polar surface area (TPSA) is 152 Å². The molecule has 12 heteroatoms. The standard InChI is InChI=1S/C30H32N4O6.C2H4O2/c1-19-13-25(32-40-19)30(37)34-16-24-20-5-4-6-23(15-20)38-11-3-2-10-33(18-28(35)31-26(24)17-34)29(36)22-7-8-27-21(14-22)9-12-39-27;1-2(3)4/h4-8,13-15,24,26H,2-3,9-12,16-18H2,1H3,(H,31,35);1H3,(H,3,4)/t24-,26+;/m1./s1. The molecule has 0 aliphatic carbocycles. The summed E-state index contributed by atoms with van der Waals surface area (Å²) < 4.78 is 16.7. The fraction of sp³-hybridized carbons (Fsp3) is 0.406. The van der Waals surface area contributed by atoms with Crippen molar-refractivity contribution in [1.82, 2.24) is 20.3 Å². The summed E-state index contributed by atoms with van der Waals surface area (Å²) in [5.41, 5.74) is 2.76. The highest BCUT2D eigenvalue weighted by Gasteiger charge is 2.38. The Morgan fingerprint density at radius 1 is 0.977 bits per heavy atom. The van der Waals surface area contributed by atoms with Crippen LogP contribution in [0.2, 0.25) is 0 Å². The Morgan fingerprint density at radius 2 is 1.80 bits per heavy atom. The third-order valence-corrected chi connectivity index (χ3v) is 7.74. The second-order valence-electron chi connectivity index (χ2n) is 11.1. The lowest BCUT2D eigenvalue weighted by Crippen LogP contribution is -2.47. The van der Waals surface area contributed by atoms with Gasteiger partial charge in [0.25, 0.3) is 17.8 Å². The van der Waals surface area contributed by atoms with Gasteiger partial charge in [-0.2, -0.15) is 0 Å². The van der Waals surface area contributed by atoms with E-state index in [2.05, 4.69) is 10.5 Å². The molecule has 2 N–H and O–H groups in total. The number of fused-ring (bicyclic) bond motifs is 5. The maximum Gasteiger partial charge on any atom is 0.300 e. The first-order chi connectivity index (χ1) is 21.2. The third kappa shape index (κ3) is 7.36. The molecule has 1 fully saturated rings. The average Bonchev–Trinajstić information content (AvgIpc) is 3.74. The predicted molar refractivity (Wildman–Crippen MR) is 158 cm³/mol. The van der Waals surface area contributed by atoms with Crippen molar-refractivity contribution in [2.45, 2.75) is 45.1 Å². The molecule has 12 nitrogen and oxygen atoms in total. The number of hydrogen-bond acceptors (Lipinski definition) is 8. The van der Waals surface area contributed by atoms with Gasteiger partial charge in [-0.3, -0.25) is 19.2 Å². The van der Waals surface area contributed by atoms with E-state index in [0.29, 0.717) is 50.6 Å². The molecule has 0 spiro atoms. The molecule has 2 bridgehead atoms. The fourth-order valence-corrected chi connectivity index (χ4v) is 5.69. The molecule has 3 aromatic rings. The molecule has 6 rings (SSSR count). The number of hydrogen-bond donors (Lipinski definition) is 2. The van der Waals surface area contributed by atoms with Crippen LogP contribution in [0.4, 0.5) is 0 Å². The zero-order valence-corrected chi connectivity index (χ0v) is 24.8. The molecule has 0 unspecified atom stereocenters. The molecule has 44 heavy (non-hydrogen) atoms. The number of aryl methyl sites for hydroxylation is 1. The van der Waals surface area contributed by atoms with Gasteiger partial charge >= 0.3 is 0 Å². The quantitative estimate of drug-likeness (QED) is 0.450. The molecule has 0 radical (unpaired) electrons. The zero-order valence-electron chi connectivity index (χ0n) is 24.8. The Bertz CT molecular complexity index is 1530. The van der Waals surface area contributed by atoms with Gasteiger partial charge in [-0.1, -0.05) is 17.3 Å². The third-order valence-electron chi connectivity index (χ3n) is 7.74. The van der Waals surface area contributed by atoms with Gasteiger partial charge in [-0.25, -0.2) is 0 Å². The maximum absolute atomic E-state index is 13.6. The molecule has 2 aromatic carbocycles. The van der Waals surface area contributed by atoms with E-state index in [4.69, 9.17) is 23.9 Å². The summed E-state index contributed by atoms with van der Waals surface area (Å²) in [7, 11) is 0. The highest BCUT2D eigenvalue weighted by atomic mass is 16.5. The van der Waals surface area contributed by atoms with Crippen LogP contribution in [-0.4, -0.2) is 89.2 Å². The van der Waals surface area contributed by atoms with Crippen LogP contribution in [-0.2, 0) is 16.0 Å². The van der Waals surface area contributed by atoms with E-state index in [9.17, 15) is 14.4 Å². The number of ether oxygens (including phenoxy) is 2. The summed E-state index contributed by atoms with van der Waals surface area (Å²) >= 11 is 0. The number of aromatic nitrogens is 1. The lowest BCUT2D eigenvalue weighted by Gasteiger charge is -2.26. The van der Waals surface area contributed by atoms with E-state index in [1.54, 1.807) is 28.9 Å². The van der Waals surface area contributed by atoms with Crippen LogP contribution in [0.25, 0.3) is 0 Å². The van der Waals surface area contributed by atoms with Gasteiger partial charge < -0.3 is 34.2 Å². The molecule has 1 aromatic heterocycles. The molecule has 4 heterocycles. The lowest BCUT2D eigenvalue weighted by atomic mass is 9.94.